The van der Waals surface area contributed by atoms with E-state index in [-0.39, 0.29) is 0 Å². The van der Waals surface area contributed by atoms with Crippen molar-refractivity contribution in [1.82, 2.24) is 10.6 Å². The van der Waals surface area contributed by atoms with E-state index in [1.165, 1.54) is 38.8 Å². The molecule has 0 aromatic heterocycles. The van der Waals surface area contributed by atoms with Crippen molar-refractivity contribution >= 4 is 0 Å². The standard InChI is InChI=1S/C8H16N2/c1-2-4-8-6-9-7(3-1)5-10-8/h7-10H,1-6H2/t7-,8-/m0/s1. The van der Waals surface area contributed by atoms with E-state index in [0.717, 1.165) is 12.1 Å². The molecular weight excluding hydrogens is 124 g/mol. The Kier molecular flexibility index (Phi) is 1.91. The molecule has 0 radical (unpaired) electrons. The summed E-state index contributed by atoms with van der Waals surface area (Å²) < 4.78 is 0. The molecule has 3 fully saturated rings. The van der Waals surface area contributed by atoms with Crippen LogP contribution in [0.15, 0.2) is 0 Å². The van der Waals surface area contributed by atoms with Crippen LogP contribution in [0.4, 0.5) is 0 Å². The summed E-state index contributed by atoms with van der Waals surface area (Å²) in [4.78, 5) is 0. The Bertz CT molecular complexity index is 86.3. The van der Waals surface area contributed by atoms with E-state index >= 15 is 0 Å². The molecule has 2 heteroatoms. The van der Waals surface area contributed by atoms with E-state index in [0.29, 0.717) is 0 Å². The van der Waals surface area contributed by atoms with E-state index in [4.69, 9.17) is 0 Å². The highest BCUT2D eigenvalue weighted by Gasteiger charge is 2.21. The summed E-state index contributed by atoms with van der Waals surface area (Å²) in [5, 5.41) is 7.12. The zero-order chi connectivity index (χ0) is 6.81. The van der Waals surface area contributed by atoms with Crippen LogP contribution in [0.2, 0.25) is 0 Å². The zero-order valence-electron chi connectivity index (χ0n) is 6.40. The summed E-state index contributed by atoms with van der Waals surface area (Å²) in [5.41, 5.74) is 0. The predicted molar refractivity (Wildman–Crippen MR) is 42.0 cm³/mol. The molecule has 10 heavy (non-hydrogen) atoms. The molecular formula is C8H16N2. The average Bonchev–Trinajstić information content (AvgIpc) is 1.89. The minimum Gasteiger partial charge on any atom is -0.311 e. The summed E-state index contributed by atoms with van der Waals surface area (Å²) in [6, 6.07) is 1.55. The van der Waals surface area contributed by atoms with E-state index in [2.05, 4.69) is 10.6 Å². The summed E-state index contributed by atoms with van der Waals surface area (Å²) in [6.07, 6.45) is 5.60. The van der Waals surface area contributed by atoms with E-state index in [1.54, 1.807) is 0 Å². The molecule has 0 spiro atoms. The first kappa shape index (κ1) is 6.62. The quantitative estimate of drug-likeness (QED) is 0.511. The maximum atomic E-state index is 3.56. The molecule has 58 valence electrons. The van der Waals surface area contributed by atoms with Crippen molar-refractivity contribution in [2.45, 2.75) is 37.8 Å². The third kappa shape index (κ3) is 1.32. The topological polar surface area (TPSA) is 24.1 Å². The first-order valence-corrected chi connectivity index (χ1v) is 4.42. The fraction of sp³-hybridized carbons (Fsp3) is 1.00. The first-order chi connectivity index (χ1) is 4.95. The number of rotatable bonds is 0. The van der Waals surface area contributed by atoms with Gasteiger partial charge in [-0.1, -0.05) is 12.8 Å². The van der Waals surface area contributed by atoms with Crippen LogP contribution >= 0.6 is 0 Å². The molecule has 2 N–H and O–H groups in total. The second-order valence-electron chi connectivity index (χ2n) is 3.49. The van der Waals surface area contributed by atoms with Gasteiger partial charge in [0, 0.05) is 25.2 Å². The Hall–Kier alpha value is -0.0800. The molecule has 0 aliphatic carbocycles. The maximum Gasteiger partial charge on any atom is 0.0193 e. The zero-order valence-corrected chi connectivity index (χ0v) is 6.40. The van der Waals surface area contributed by atoms with Crippen LogP contribution in [0.25, 0.3) is 0 Å². The van der Waals surface area contributed by atoms with Crippen molar-refractivity contribution in [2.75, 3.05) is 13.1 Å². The lowest BCUT2D eigenvalue weighted by Gasteiger charge is -2.33. The van der Waals surface area contributed by atoms with Crippen molar-refractivity contribution in [3.05, 3.63) is 0 Å². The first-order valence-electron chi connectivity index (χ1n) is 4.42. The van der Waals surface area contributed by atoms with Gasteiger partial charge in [-0.25, -0.2) is 0 Å². The fourth-order valence-electron chi connectivity index (χ4n) is 1.95. The van der Waals surface area contributed by atoms with Gasteiger partial charge in [-0.15, -0.1) is 0 Å². The lowest BCUT2D eigenvalue weighted by Crippen LogP contribution is -2.55. The van der Waals surface area contributed by atoms with E-state index < -0.39 is 0 Å². The summed E-state index contributed by atoms with van der Waals surface area (Å²) in [5.74, 6) is 0. The minimum absolute atomic E-state index is 0.775. The van der Waals surface area contributed by atoms with Gasteiger partial charge in [-0.05, 0) is 12.8 Å². The Balaban J connectivity index is 1.94. The smallest absolute Gasteiger partial charge is 0.0193 e. The molecule has 3 rings (SSSR count). The number of nitrogens with one attached hydrogen (secondary N) is 2. The summed E-state index contributed by atoms with van der Waals surface area (Å²) in [6.45, 7) is 2.40. The Morgan fingerprint density at radius 1 is 0.800 bits per heavy atom. The second kappa shape index (κ2) is 2.89. The second-order valence-corrected chi connectivity index (χ2v) is 3.49. The molecule has 0 unspecified atom stereocenters. The molecule has 0 aromatic rings. The predicted octanol–water partition coefficient (Wildman–Crippen LogP) is 0.490. The van der Waals surface area contributed by atoms with E-state index in [1.807, 2.05) is 0 Å². The van der Waals surface area contributed by atoms with Crippen LogP contribution in [0.1, 0.15) is 25.7 Å². The largest absolute Gasteiger partial charge is 0.311 e. The van der Waals surface area contributed by atoms with Crippen LogP contribution in [0, 0.1) is 0 Å². The highest BCUT2D eigenvalue weighted by Crippen LogP contribution is 2.13. The summed E-state index contributed by atoms with van der Waals surface area (Å²) in [7, 11) is 0. The van der Waals surface area contributed by atoms with Crippen LogP contribution in [-0.2, 0) is 0 Å². The molecule has 0 amide bonds. The number of fused-ring (bicyclic) bond motifs is 5. The Labute approximate surface area is 62.4 Å². The normalized spacial score (nSPS) is 40.8. The monoisotopic (exact) mass is 140 g/mol. The van der Waals surface area contributed by atoms with Gasteiger partial charge in [0.2, 0.25) is 0 Å². The highest BCUT2D eigenvalue weighted by atomic mass is 15.1. The van der Waals surface area contributed by atoms with Gasteiger partial charge in [0.25, 0.3) is 0 Å². The number of hydrogen-bond acceptors (Lipinski definition) is 2. The van der Waals surface area contributed by atoms with Crippen LogP contribution < -0.4 is 10.6 Å². The molecule has 2 atom stereocenters. The van der Waals surface area contributed by atoms with Gasteiger partial charge in [-0.3, -0.25) is 0 Å². The van der Waals surface area contributed by atoms with Crippen molar-refractivity contribution in [3.63, 3.8) is 0 Å². The fourth-order valence-corrected chi connectivity index (χ4v) is 1.95. The molecule has 3 saturated heterocycles. The van der Waals surface area contributed by atoms with Crippen LogP contribution in [0.3, 0.4) is 0 Å². The number of piperazine rings is 1. The van der Waals surface area contributed by atoms with E-state index in [9.17, 15) is 0 Å². The third-order valence-corrected chi connectivity index (χ3v) is 2.66. The molecule has 3 heterocycles. The third-order valence-electron chi connectivity index (χ3n) is 2.66. The highest BCUT2D eigenvalue weighted by molar-refractivity contribution is 4.85. The van der Waals surface area contributed by atoms with Gasteiger partial charge < -0.3 is 10.6 Å². The minimum atomic E-state index is 0.775. The molecule has 3 aliphatic heterocycles. The van der Waals surface area contributed by atoms with Gasteiger partial charge in [0.05, 0.1) is 0 Å². The molecule has 2 bridgehead atoms. The van der Waals surface area contributed by atoms with Gasteiger partial charge in [-0.2, -0.15) is 0 Å². The molecule has 2 nitrogen and oxygen atoms in total. The number of hydrogen-bond donors (Lipinski definition) is 2. The van der Waals surface area contributed by atoms with Gasteiger partial charge >= 0.3 is 0 Å². The molecule has 3 aliphatic rings. The van der Waals surface area contributed by atoms with Crippen LogP contribution in [-0.4, -0.2) is 25.2 Å². The van der Waals surface area contributed by atoms with Crippen molar-refractivity contribution in [2.24, 2.45) is 0 Å². The Morgan fingerprint density at radius 2 is 1.30 bits per heavy atom. The van der Waals surface area contributed by atoms with Gasteiger partial charge in [0.1, 0.15) is 0 Å². The SMILES string of the molecule is C1CC[C@H]2CN[C@@H](C1)CN2. The lowest BCUT2D eigenvalue weighted by atomic mass is 9.97. The molecule has 0 saturated carbocycles. The molecule has 0 aromatic carbocycles. The van der Waals surface area contributed by atoms with Gasteiger partial charge in [0.15, 0.2) is 0 Å². The summed E-state index contributed by atoms with van der Waals surface area (Å²) >= 11 is 0. The Morgan fingerprint density at radius 3 is 1.70 bits per heavy atom. The van der Waals surface area contributed by atoms with Crippen molar-refractivity contribution in [3.8, 4) is 0 Å². The van der Waals surface area contributed by atoms with Crippen molar-refractivity contribution in [1.29, 1.82) is 0 Å². The maximum absolute atomic E-state index is 3.56. The average molecular weight is 140 g/mol. The van der Waals surface area contributed by atoms with Crippen LogP contribution in [0.5, 0.6) is 0 Å². The van der Waals surface area contributed by atoms with Crippen molar-refractivity contribution < 1.29 is 0 Å². The lowest BCUT2D eigenvalue weighted by molar-refractivity contribution is 0.284.